The lowest BCUT2D eigenvalue weighted by molar-refractivity contribution is -0.385. The average molecular weight is 434 g/mol. The van der Waals surface area contributed by atoms with Crippen LogP contribution in [0.15, 0.2) is 64.1 Å². The third-order valence-corrected chi connectivity index (χ3v) is 4.19. The molecule has 8 nitrogen and oxygen atoms in total. The Labute approximate surface area is 174 Å². The van der Waals surface area contributed by atoms with E-state index in [2.05, 4.69) is 10.5 Å². The van der Waals surface area contributed by atoms with Crippen molar-refractivity contribution in [2.45, 2.75) is 0 Å². The SMILES string of the molecule is O=C(COc1ccccc1[N+](=O)[O-])NN=Cc1ccc(-c2cc(Cl)ccc2Cl)o1. The second-order valence-electron chi connectivity index (χ2n) is 5.63. The number of ether oxygens (including phenoxy) is 1. The summed E-state index contributed by atoms with van der Waals surface area (Å²) in [5.74, 6) is 0.260. The Morgan fingerprint density at radius 2 is 2.00 bits per heavy atom. The molecule has 0 aliphatic carbocycles. The monoisotopic (exact) mass is 433 g/mol. The van der Waals surface area contributed by atoms with Crippen LogP contribution in [-0.4, -0.2) is 23.7 Å². The minimum absolute atomic E-state index is 0.00861. The highest BCUT2D eigenvalue weighted by Crippen LogP contribution is 2.31. The van der Waals surface area contributed by atoms with Gasteiger partial charge in [0.05, 0.1) is 16.2 Å². The molecule has 2 aromatic carbocycles. The van der Waals surface area contributed by atoms with Crippen molar-refractivity contribution in [1.29, 1.82) is 0 Å². The zero-order valence-electron chi connectivity index (χ0n) is 14.7. The van der Waals surface area contributed by atoms with Crippen LogP contribution in [0.25, 0.3) is 11.3 Å². The van der Waals surface area contributed by atoms with Gasteiger partial charge in [-0.25, -0.2) is 5.43 Å². The molecule has 10 heteroatoms. The molecular weight excluding hydrogens is 421 g/mol. The minimum atomic E-state index is -0.593. The molecule has 0 unspecified atom stereocenters. The maximum absolute atomic E-state index is 11.8. The molecule has 0 fully saturated rings. The van der Waals surface area contributed by atoms with Crippen LogP contribution in [0.5, 0.6) is 5.75 Å². The molecule has 3 rings (SSSR count). The Hall–Kier alpha value is -3.36. The van der Waals surface area contributed by atoms with E-state index in [0.717, 1.165) is 0 Å². The van der Waals surface area contributed by atoms with Gasteiger partial charge in [-0.3, -0.25) is 14.9 Å². The second kappa shape index (κ2) is 9.22. The van der Waals surface area contributed by atoms with E-state index < -0.39 is 17.4 Å². The lowest BCUT2D eigenvalue weighted by Gasteiger charge is -2.05. The molecule has 0 bridgehead atoms. The zero-order chi connectivity index (χ0) is 20.8. The number of nitro benzene ring substituents is 1. The van der Waals surface area contributed by atoms with Crippen molar-refractivity contribution in [2.24, 2.45) is 5.10 Å². The number of halogens is 2. The highest BCUT2D eigenvalue weighted by atomic mass is 35.5. The van der Waals surface area contributed by atoms with E-state index in [4.69, 9.17) is 32.4 Å². The van der Waals surface area contributed by atoms with Gasteiger partial charge in [-0.2, -0.15) is 5.10 Å². The van der Waals surface area contributed by atoms with Crippen LogP contribution in [0.3, 0.4) is 0 Å². The molecule has 0 radical (unpaired) electrons. The van der Waals surface area contributed by atoms with Crippen molar-refractivity contribution in [1.82, 2.24) is 5.43 Å². The first kappa shape index (κ1) is 20.4. The van der Waals surface area contributed by atoms with E-state index in [0.29, 0.717) is 27.1 Å². The van der Waals surface area contributed by atoms with Crippen LogP contribution < -0.4 is 10.2 Å². The topological polar surface area (TPSA) is 107 Å². The summed E-state index contributed by atoms with van der Waals surface area (Å²) in [7, 11) is 0. The van der Waals surface area contributed by atoms with Gasteiger partial charge < -0.3 is 9.15 Å². The first-order valence-electron chi connectivity index (χ1n) is 8.17. The predicted molar refractivity (Wildman–Crippen MR) is 108 cm³/mol. The summed E-state index contributed by atoms with van der Waals surface area (Å²) in [6, 6.07) is 14.1. The Morgan fingerprint density at radius 1 is 1.21 bits per heavy atom. The number of carbonyl (C=O) groups is 1. The largest absolute Gasteiger partial charge is 0.477 e. The van der Waals surface area contributed by atoms with Crippen molar-refractivity contribution >= 4 is 41.0 Å². The predicted octanol–water partition coefficient (Wildman–Crippen LogP) is 4.69. The number of furan rings is 1. The molecule has 1 heterocycles. The van der Waals surface area contributed by atoms with E-state index >= 15 is 0 Å². The molecular formula is C19H13Cl2N3O5. The number of nitro groups is 1. The van der Waals surface area contributed by atoms with Crippen LogP contribution in [0.2, 0.25) is 10.0 Å². The van der Waals surface area contributed by atoms with Crippen LogP contribution >= 0.6 is 23.2 Å². The fraction of sp³-hybridized carbons (Fsp3) is 0.0526. The standard InChI is InChI=1S/C19H13Cl2N3O5/c20-12-5-7-15(21)14(9-12)17-8-6-13(29-17)10-22-23-19(25)11-28-18-4-2-1-3-16(18)24(26)27/h1-10H,11H2,(H,23,25). The Balaban J connectivity index is 1.57. The Morgan fingerprint density at radius 3 is 2.79 bits per heavy atom. The van der Waals surface area contributed by atoms with Gasteiger partial charge in [0.2, 0.25) is 0 Å². The third-order valence-electron chi connectivity index (χ3n) is 3.62. The summed E-state index contributed by atoms with van der Waals surface area (Å²) in [5, 5.41) is 15.7. The van der Waals surface area contributed by atoms with Gasteiger partial charge in [-0.15, -0.1) is 0 Å². The normalized spacial score (nSPS) is 10.8. The van der Waals surface area contributed by atoms with Gasteiger partial charge in [-0.05, 0) is 36.4 Å². The average Bonchev–Trinajstić information content (AvgIpc) is 3.17. The Kier molecular flexibility index (Phi) is 6.48. The molecule has 0 spiro atoms. The number of rotatable bonds is 7. The van der Waals surface area contributed by atoms with E-state index in [1.54, 1.807) is 36.4 Å². The van der Waals surface area contributed by atoms with Crippen LogP contribution in [0.1, 0.15) is 5.76 Å². The van der Waals surface area contributed by atoms with Gasteiger partial charge in [0.1, 0.15) is 11.5 Å². The van der Waals surface area contributed by atoms with E-state index in [-0.39, 0.29) is 11.4 Å². The van der Waals surface area contributed by atoms with Gasteiger partial charge in [-0.1, -0.05) is 35.3 Å². The maximum atomic E-state index is 11.8. The van der Waals surface area contributed by atoms with Gasteiger partial charge >= 0.3 is 5.69 Å². The van der Waals surface area contributed by atoms with E-state index in [1.165, 1.54) is 24.4 Å². The maximum Gasteiger partial charge on any atom is 0.310 e. The molecule has 1 aromatic heterocycles. The summed E-state index contributed by atoms with van der Waals surface area (Å²) < 4.78 is 10.8. The fourth-order valence-electron chi connectivity index (χ4n) is 2.33. The number of para-hydroxylation sites is 2. The summed E-state index contributed by atoms with van der Waals surface area (Å²) in [4.78, 5) is 22.1. The molecule has 3 aromatic rings. The summed E-state index contributed by atoms with van der Waals surface area (Å²) in [6.45, 7) is -0.441. The quantitative estimate of drug-likeness (QED) is 0.330. The third kappa shape index (κ3) is 5.34. The van der Waals surface area contributed by atoms with Crippen LogP contribution in [-0.2, 0) is 4.79 Å². The smallest absolute Gasteiger partial charge is 0.310 e. The molecule has 0 saturated carbocycles. The molecule has 29 heavy (non-hydrogen) atoms. The fourth-order valence-corrected chi connectivity index (χ4v) is 2.71. The van der Waals surface area contributed by atoms with E-state index in [1.807, 2.05) is 0 Å². The summed E-state index contributed by atoms with van der Waals surface area (Å²) >= 11 is 12.1. The zero-order valence-corrected chi connectivity index (χ0v) is 16.2. The summed E-state index contributed by atoms with van der Waals surface area (Å²) in [6.07, 6.45) is 1.30. The number of amides is 1. The molecule has 0 aliphatic rings. The molecule has 0 aliphatic heterocycles. The van der Waals surface area contributed by atoms with Crippen LogP contribution in [0, 0.1) is 10.1 Å². The molecule has 148 valence electrons. The van der Waals surface area contributed by atoms with Crippen molar-refractivity contribution in [3.63, 3.8) is 0 Å². The van der Waals surface area contributed by atoms with E-state index in [9.17, 15) is 14.9 Å². The first-order chi connectivity index (χ1) is 13.9. The molecule has 1 amide bonds. The van der Waals surface area contributed by atoms with Gasteiger partial charge in [0.15, 0.2) is 12.4 Å². The number of hydrogen-bond acceptors (Lipinski definition) is 6. The highest BCUT2D eigenvalue weighted by molar-refractivity contribution is 6.35. The lowest BCUT2D eigenvalue weighted by atomic mass is 10.2. The van der Waals surface area contributed by atoms with Crippen molar-refractivity contribution in [3.05, 3.63) is 80.5 Å². The van der Waals surface area contributed by atoms with Crippen LogP contribution in [0.4, 0.5) is 5.69 Å². The van der Waals surface area contributed by atoms with Gasteiger partial charge in [0, 0.05) is 16.7 Å². The van der Waals surface area contributed by atoms with Crippen molar-refractivity contribution in [3.8, 4) is 17.1 Å². The first-order valence-corrected chi connectivity index (χ1v) is 8.93. The Bertz CT molecular complexity index is 1080. The van der Waals surface area contributed by atoms with Crippen molar-refractivity contribution < 1.29 is 18.9 Å². The number of nitrogens with one attached hydrogen (secondary N) is 1. The number of nitrogens with zero attached hydrogens (tertiary/aromatic N) is 2. The molecule has 0 atom stereocenters. The second-order valence-corrected chi connectivity index (χ2v) is 6.48. The highest BCUT2D eigenvalue weighted by Gasteiger charge is 2.14. The number of hydrazone groups is 1. The molecule has 0 saturated heterocycles. The number of benzene rings is 2. The molecule has 1 N–H and O–H groups in total. The summed E-state index contributed by atoms with van der Waals surface area (Å²) in [5.41, 5.74) is 2.64. The number of hydrogen-bond donors (Lipinski definition) is 1. The van der Waals surface area contributed by atoms with Crippen molar-refractivity contribution in [2.75, 3.05) is 6.61 Å². The minimum Gasteiger partial charge on any atom is -0.477 e. The lowest BCUT2D eigenvalue weighted by Crippen LogP contribution is -2.24. The number of carbonyl (C=O) groups excluding carboxylic acids is 1. The van der Waals surface area contributed by atoms with Gasteiger partial charge in [0.25, 0.3) is 5.91 Å².